The van der Waals surface area contributed by atoms with Crippen molar-refractivity contribution < 1.29 is 9.53 Å². The Morgan fingerprint density at radius 1 is 1.29 bits per heavy atom. The molecule has 5 nitrogen and oxygen atoms in total. The molecule has 0 saturated carbocycles. The fourth-order valence-electron chi connectivity index (χ4n) is 2.27. The van der Waals surface area contributed by atoms with Gasteiger partial charge in [0.05, 0.1) is 23.6 Å². The largest absolute Gasteiger partial charge is 0.477 e. The van der Waals surface area contributed by atoms with Crippen LogP contribution in [0.1, 0.15) is 23.0 Å². The molecule has 2 aromatic heterocycles. The second-order valence-electron chi connectivity index (χ2n) is 4.64. The second-order valence-corrected chi connectivity index (χ2v) is 4.64. The molecule has 2 heterocycles. The fourth-order valence-corrected chi connectivity index (χ4v) is 2.27. The van der Waals surface area contributed by atoms with Crippen LogP contribution in [0.4, 0.5) is 0 Å². The van der Waals surface area contributed by atoms with Crippen molar-refractivity contribution in [3.8, 4) is 11.6 Å². The first-order chi connectivity index (χ1) is 10.2. The summed E-state index contributed by atoms with van der Waals surface area (Å²) in [7, 11) is 0. The first-order valence-electron chi connectivity index (χ1n) is 6.78. The number of ether oxygens (including phenoxy) is 1. The molecule has 1 aromatic carbocycles. The van der Waals surface area contributed by atoms with E-state index in [9.17, 15) is 4.79 Å². The van der Waals surface area contributed by atoms with E-state index in [1.54, 1.807) is 10.7 Å². The number of carbonyl (C=O) groups is 1. The Morgan fingerprint density at radius 3 is 2.71 bits per heavy atom. The third kappa shape index (κ3) is 2.27. The molecule has 106 valence electrons. The molecule has 3 aromatic rings. The molecule has 0 spiro atoms. The van der Waals surface area contributed by atoms with Gasteiger partial charge in [-0.05, 0) is 32.0 Å². The summed E-state index contributed by atoms with van der Waals surface area (Å²) in [5.41, 5.74) is 2.88. The molecular weight excluding hydrogens is 266 g/mol. The summed E-state index contributed by atoms with van der Waals surface area (Å²) in [6.45, 7) is 4.22. The zero-order valence-electron chi connectivity index (χ0n) is 11.9. The lowest BCUT2D eigenvalue weighted by atomic mass is 10.2. The molecule has 0 bridgehead atoms. The Labute approximate surface area is 122 Å². The second kappa shape index (κ2) is 5.36. The van der Waals surface area contributed by atoms with E-state index in [0.29, 0.717) is 23.7 Å². The molecule has 0 aliphatic rings. The third-order valence-corrected chi connectivity index (χ3v) is 3.24. The van der Waals surface area contributed by atoms with Gasteiger partial charge in [0, 0.05) is 5.39 Å². The van der Waals surface area contributed by atoms with Gasteiger partial charge in [-0.15, -0.1) is 0 Å². The Bertz CT molecular complexity index is 794. The number of nitrogens with zero attached hydrogens (tertiary/aromatic N) is 3. The zero-order valence-corrected chi connectivity index (χ0v) is 11.9. The van der Waals surface area contributed by atoms with Gasteiger partial charge in [0.15, 0.2) is 11.9 Å². The van der Waals surface area contributed by atoms with Crippen molar-refractivity contribution in [2.45, 2.75) is 13.8 Å². The van der Waals surface area contributed by atoms with Crippen LogP contribution >= 0.6 is 0 Å². The van der Waals surface area contributed by atoms with Gasteiger partial charge in [0.1, 0.15) is 0 Å². The first-order valence-corrected chi connectivity index (χ1v) is 6.78. The normalized spacial score (nSPS) is 10.8. The van der Waals surface area contributed by atoms with Gasteiger partial charge in [-0.2, -0.15) is 10.1 Å². The monoisotopic (exact) mass is 281 g/mol. The summed E-state index contributed by atoms with van der Waals surface area (Å²) in [6, 6.07) is 11.5. The highest BCUT2D eigenvalue weighted by Crippen LogP contribution is 2.25. The maximum atomic E-state index is 11.2. The maximum Gasteiger partial charge on any atom is 0.226 e. The molecule has 0 atom stereocenters. The van der Waals surface area contributed by atoms with Crippen molar-refractivity contribution in [1.82, 2.24) is 14.8 Å². The number of aromatic nitrogens is 3. The van der Waals surface area contributed by atoms with Crippen LogP contribution in [0.2, 0.25) is 0 Å². The summed E-state index contributed by atoms with van der Waals surface area (Å²) in [4.78, 5) is 15.7. The minimum Gasteiger partial charge on any atom is -0.477 e. The highest BCUT2D eigenvalue weighted by Gasteiger charge is 2.15. The zero-order chi connectivity index (χ0) is 14.8. The predicted molar refractivity (Wildman–Crippen MR) is 80.2 cm³/mol. The number of carbonyl (C=O) groups excluding carboxylic acids is 1. The lowest BCUT2D eigenvalue weighted by molar-refractivity contribution is 0.111. The molecule has 5 heteroatoms. The summed E-state index contributed by atoms with van der Waals surface area (Å²) in [6.07, 6.45) is 0.761. The molecule has 0 unspecified atom stereocenters. The topological polar surface area (TPSA) is 57.0 Å². The lowest BCUT2D eigenvalue weighted by Crippen LogP contribution is -2.02. The molecule has 0 aliphatic carbocycles. The summed E-state index contributed by atoms with van der Waals surface area (Å²) in [5, 5.41) is 5.37. The summed E-state index contributed by atoms with van der Waals surface area (Å²) in [5.74, 6) is 0.345. The van der Waals surface area contributed by atoms with E-state index in [4.69, 9.17) is 4.74 Å². The average molecular weight is 281 g/mol. The van der Waals surface area contributed by atoms with Crippen LogP contribution in [-0.2, 0) is 0 Å². The molecule has 0 fully saturated rings. The van der Waals surface area contributed by atoms with E-state index in [0.717, 1.165) is 23.1 Å². The molecule has 0 amide bonds. The third-order valence-electron chi connectivity index (χ3n) is 3.24. The number of hydrogen-bond acceptors (Lipinski definition) is 4. The van der Waals surface area contributed by atoms with Gasteiger partial charge in [0.25, 0.3) is 0 Å². The number of pyridine rings is 1. The van der Waals surface area contributed by atoms with Crippen molar-refractivity contribution in [3.05, 3.63) is 47.7 Å². The smallest absolute Gasteiger partial charge is 0.226 e. The van der Waals surface area contributed by atoms with Gasteiger partial charge >= 0.3 is 0 Å². The van der Waals surface area contributed by atoms with E-state index in [1.807, 2.05) is 44.2 Å². The summed E-state index contributed by atoms with van der Waals surface area (Å²) >= 11 is 0. The van der Waals surface area contributed by atoms with E-state index >= 15 is 0 Å². The predicted octanol–water partition coefficient (Wildman–Crippen LogP) is 2.94. The van der Waals surface area contributed by atoms with Crippen molar-refractivity contribution in [2.24, 2.45) is 0 Å². The van der Waals surface area contributed by atoms with E-state index < -0.39 is 0 Å². The molecule has 21 heavy (non-hydrogen) atoms. The van der Waals surface area contributed by atoms with Gasteiger partial charge in [-0.1, -0.05) is 18.2 Å². The van der Waals surface area contributed by atoms with Crippen LogP contribution < -0.4 is 4.74 Å². The molecule has 3 rings (SSSR count). The first kappa shape index (κ1) is 13.3. The number of hydrogen-bond donors (Lipinski definition) is 0. The molecular formula is C16H15N3O2. The van der Waals surface area contributed by atoms with Crippen molar-refractivity contribution >= 4 is 17.3 Å². The van der Waals surface area contributed by atoms with Crippen LogP contribution in [0.15, 0.2) is 36.4 Å². The van der Waals surface area contributed by atoms with Crippen LogP contribution in [0.5, 0.6) is 5.88 Å². The Morgan fingerprint density at radius 2 is 2.05 bits per heavy atom. The highest BCUT2D eigenvalue weighted by atomic mass is 16.5. The Hall–Kier alpha value is -2.69. The molecule has 0 radical (unpaired) electrons. The fraction of sp³-hybridized carbons (Fsp3) is 0.188. The number of benzene rings is 1. The van der Waals surface area contributed by atoms with Gasteiger partial charge in [-0.3, -0.25) is 4.79 Å². The number of aldehydes is 1. The van der Waals surface area contributed by atoms with Gasteiger partial charge in [0.2, 0.25) is 5.88 Å². The Kier molecular flexibility index (Phi) is 3.39. The van der Waals surface area contributed by atoms with Gasteiger partial charge < -0.3 is 4.74 Å². The number of para-hydroxylation sites is 1. The van der Waals surface area contributed by atoms with Crippen molar-refractivity contribution in [1.29, 1.82) is 0 Å². The van der Waals surface area contributed by atoms with Crippen LogP contribution in [0.25, 0.3) is 16.7 Å². The average Bonchev–Trinajstić information content (AvgIpc) is 2.84. The number of rotatable bonds is 4. The lowest BCUT2D eigenvalue weighted by Gasteiger charge is -2.07. The molecule has 0 aliphatic heterocycles. The van der Waals surface area contributed by atoms with Crippen molar-refractivity contribution in [2.75, 3.05) is 6.61 Å². The van der Waals surface area contributed by atoms with E-state index in [-0.39, 0.29) is 0 Å². The Balaban J connectivity index is 2.28. The molecule has 0 saturated heterocycles. The number of fused-ring (bicyclic) bond motifs is 1. The van der Waals surface area contributed by atoms with Crippen LogP contribution in [0.3, 0.4) is 0 Å². The highest BCUT2D eigenvalue weighted by molar-refractivity contribution is 5.89. The standard InChI is InChI=1S/C16H15N3O2/c1-3-21-16-12(10-20)9-14-11(2)18-19(15(14)17-16)13-7-5-4-6-8-13/h4-10H,3H2,1-2H3. The SMILES string of the molecule is CCOc1nc2c(cc1C=O)c(C)nn2-c1ccccc1. The van der Waals surface area contributed by atoms with Gasteiger partial charge in [-0.25, -0.2) is 4.68 Å². The van der Waals surface area contributed by atoms with Crippen LogP contribution in [-0.4, -0.2) is 27.7 Å². The quantitative estimate of drug-likeness (QED) is 0.690. The van der Waals surface area contributed by atoms with Crippen LogP contribution in [0, 0.1) is 6.92 Å². The minimum atomic E-state index is 0.345. The molecule has 0 N–H and O–H groups in total. The van der Waals surface area contributed by atoms with E-state index in [2.05, 4.69) is 10.1 Å². The maximum absolute atomic E-state index is 11.2. The van der Waals surface area contributed by atoms with E-state index in [1.165, 1.54) is 0 Å². The minimum absolute atomic E-state index is 0.345. The number of aryl methyl sites for hydroxylation is 1. The summed E-state index contributed by atoms with van der Waals surface area (Å²) < 4.78 is 7.22. The van der Waals surface area contributed by atoms with Crippen molar-refractivity contribution in [3.63, 3.8) is 0 Å².